The molecule has 4 nitrogen and oxygen atoms in total. The standard InChI is InChI=1S/C16H22Br2N2O2/c17-13-6-12(9-20-8-11-4-2-1-3-5-11)16(14(18)7-13)22-10-15(19)21/h6-7,11,20H,1-5,8-10H2,(H2,19,21). The zero-order valence-corrected chi connectivity index (χ0v) is 15.7. The van der Waals surface area contributed by atoms with Crippen molar-refractivity contribution in [2.24, 2.45) is 11.7 Å². The van der Waals surface area contributed by atoms with Crippen molar-refractivity contribution in [1.29, 1.82) is 0 Å². The molecule has 0 atom stereocenters. The van der Waals surface area contributed by atoms with Crippen LogP contribution in [0.15, 0.2) is 21.1 Å². The van der Waals surface area contributed by atoms with Crippen LogP contribution in [0.2, 0.25) is 0 Å². The fraction of sp³-hybridized carbons (Fsp3) is 0.562. The average molecular weight is 434 g/mol. The number of rotatable bonds is 7. The van der Waals surface area contributed by atoms with Gasteiger partial charge in [-0.1, -0.05) is 35.2 Å². The molecule has 1 saturated carbocycles. The van der Waals surface area contributed by atoms with Crippen LogP contribution in [0.4, 0.5) is 0 Å². The Bertz CT molecular complexity index is 517. The molecule has 0 radical (unpaired) electrons. The Morgan fingerprint density at radius 2 is 2.00 bits per heavy atom. The molecule has 0 aromatic heterocycles. The molecule has 1 aromatic rings. The Balaban J connectivity index is 1.96. The smallest absolute Gasteiger partial charge is 0.255 e. The zero-order chi connectivity index (χ0) is 15.9. The van der Waals surface area contributed by atoms with Gasteiger partial charge < -0.3 is 15.8 Å². The third kappa shape index (κ3) is 5.56. The molecule has 2 rings (SSSR count). The van der Waals surface area contributed by atoms with E-state index in [1.54, 1.807) is 0 Å². The van der Waals surface area contributed by atoms with E-state index in [-0.39, 0.29) is 6.61 Å². The predicted molar refractivity (Wildman–Crippen MR) is 94.8 cm³/mol. The summed E-state index contributed by atoms with van der Waals surface area (Å²) in [6.07, 6.45) is 6.71. The second kappa shape index (κ2) is 8.89. The maximum absolute atomic E-state index is 10.9. The van der Waals surface area contributed by atoms with E-state index in [1.165, 1.54) is 32.1 Å². The summed E-state index contributed by atoms with van der Waals surface area (Å²) in [5.74, 6) is 0.980. The lowest BCUT2D eigenvalue weighted by atomic mass is 9.89. The van der Waals surface area contributed by atoms with Gasteiger partial charge in [0.1, 0.15) is 5.75 Å². The molecule has 1 fully saturated rings. The number of amides is 1. The van der Waals surface area contributed by atoms with E-state index in [4.69, 9.17) is 10.5 Å². The van der Waals surface area contributed by atoms with Gasteiger partial charge in [-0.15, -0.1) is 0 Å². The highest BCUT2D eigenvalue weighted by atomic mass is 79.9. The summed E-state index contributed by atoms with van der Waals surface area (Å²) in [7, 11) is 0. The van der Waals surface area contributed by atoms with E-state index in [1.807, 2.05) is 12.1 Å². The fourth-order valence-corrected chi connectivity index (χ4v) is 4.28. The van der Waals surface area contributed by atoms with E-state index < -0.39 is 5.91 Å². The first-order valence-electron chi connectivity index (χ1n) is 7.66. The molecule has 0 saturated heterocycles. The van der Waals surface area contributed by atoms with Gasteiger partial charge in [-0.2, -0.15) is 0 Å². The van der Waals surface area contributed by atoms with Crippen molar-refractivity contribution in [3.63, 3.8) is 0 Å². The number of ether oxygens (including phenoxy) is 1. The van der Waals surface area contributed by atoms with Gasteiger partial charge in [0.25, 0.3) is 5.91 Å². The number of benzene rings is 1. The molecule has 0 aliphatic heterocycles. The molecule has 1 aliphatic carbocycles. The monoisotopic (exact) mass is 432 g/mol. The van der Waals surface area contributed by atoms with Gasteiger partial charge in [0.2, 0.25) is 0 Å². The highest BCUT2D eigenvalue weighted by Gasteiger charge is 2.15. The van der Waals surface area contributed by atoms with Crippen molar-refractivity contribution in [2.75, 3.05) is 13.2 Å². The van der Waals surface area contributed by atoms with Crippen LogP contribution in [0.25, 0.3) is 0 Å². The number of halogens is 2. The molecule has 3 N–H and O–H groups in total. The lowest BCUT2D eigenvalue weighted by Gasteiger charge is -2.22. The molecule has 0 spiro atoms. The van der Waals surface area contributed by atoms with Crippen LogP contribution in [0, 0.1) is 5.92 Å². The van der Waals surface area contributed by atoms with Crippen LogP contribution in [0.5, 0.6) is 5.75 Å². The number of hydrogen-bond donors (Lipinski definition) is 2. The summed E-state index contributed by atoms with van der Waals surface area (Å²) >= 11 is 6.97. The number of nitrogens with one attached hydrogen (secondary N) is 1. The highest BCUT2D eigenvalue weighted by Crippen LogP contribution is 2.33. The first-order valence-corrected chi connectivity index (χ1v) is 9.24. The molecule has 0 unspecified atom stereocenters. The van der Waals surface area contributed by atoms with E-state index in [2.05, 4.69) is 37.2 Å². The molecular weight excluding hydrogens is 412 g/mol. The number of carbonyl (C=O) groups excluding carboxylic acids is 1. The molecule has 6 heteroatoms. The summed E-state index contributed by atoms with van der Waals surface area (Å²) in [5, 5.41) is 3.52. The molecule has 1 amide bonds. The normalized spacial score (nSPS) is 15.7. The van der Waals surface area contributed by atoms with E-state index >= 15 is 0 Å². The van der Waals surface area contributed by atoms with E-state index in [0.29, 0.717) is 12.3 Å². The maximum Gasteiger partial charge on any atom is 0.255 e. The summed E-state index contributed by atoms with van der Waals surface area (Å²) in [4.78, 5) is 10.9. The quantitative estimate of drug-likeness (QED) is 0.688. The molecular formula is C16H22Br2N2O2. The van der Waals surface area contributed by atoms with Gasteiger partial charge in [0.05, 0.1) is 4.47 Å². The van der Waals surface area contributed by atoms with Crippen molar-refractivity contribution in [3.05, 3.63) is 26.6 Å². The van der Waals surface area contributed by atoms with Crippen LogP contribution < -0.4 is 15.8 Å². The second-order valence-electron chi connectivity index (χ2n) is 5.77. The Kier molecular flexibility index (Phi) is 7.18. The number of nitrogens with two attached hydrogens (primary N) is 1. The Morgan fingerprint density at radius 3 is 2.68 bits per heavy atom. The van der Waals surface area contributed by atoms with Crippen LogP contribution in [-0.2, 0) is 11.3 Å². The van der Waals surface area contributed by atoms with Crippen molar-refractivity contribution >= 4 is 37.8 Å². The highest BCUT2D eigenvalue weighted by molar-refractivity contribution is 9.11. The average Bonchev–Trinajstić information content (AvgIpc) is 2.47. The predicted octanol–water partition coefficient (Wildman–Crippen LogP) is 3.75. The largest absolute Gasteiger partial charge is 0.482 e. The minimum Gasteiger partial charge on any atom is -0.482 e. The van der Waals surface area contributed by atoms with E-state index in [0.717, 1.165) is 27.0 Å². The van der Waals surface area contributed by atoms with Crippen molar-refractivity contribution in [1.82, 2.24) is 5.32 Å². The summed E-state index contributed by atoms with van der Waals surface area (Å²) in [5.41, 5.74) is 6.18. The van der Waals surface area contributed by atoms with Crippen LogP contribution >= 0.6 is 31.9 Å². The van der Waals surface area contributed by atoms with Crippen molar-refractivity contribution in [3.8, 4) is 5.75 Å². The van der Waals surface area contributed by atoms with Gasteiger partial charge in [0.15, 0.2) is 6.61 Å². The molecule has 0 bridgehead atoms. The van der Waals surface area contributed by atoms with Crippen molar-refractivity contribution < 1.29 is 9.53 Å². The third-order valence-corrected chi connectivity index (χ3v) is 4.96. The van der Waals surface area contributed by atoms with Gasteiger partial charge in [-0.25, -0.2) is 0 Å². The molecule has 22 heavy (non-hydrogen) atoms. The van der Waals surface area contributed by atoms with Crippen molar-refractivity contribution in [2.45, 2.75) is 38.6 Å². The molecule has 0 heterocycles. The Hall–Kier alpha value is -0.590. The summed E-state index contributed by atoms with van der Waals surface area (Å²) < 4.78 is 7.33. The van der Waals surface area contributed by atoms with E-state index in [9.17, 15) is 4.79 Å². The molecule has 1 aromatic carbocycles. The van der Waals surface area contributed by atoms with Gasteiger partial charge in [0, 0.05) is 16.6 Å². The Labute approximate surface area is 148 Å². The van der Waals surface area contributed by atoms with Gasteiger partial charge in [-0.3, -0.25) is 4.79 Å². The number of carbonyl (C=O) groups is 1. The SMILES string of the molecule is NC(=O)COc1c(Br)cc(Br)cc1CNCC1CCCCC1. The third-order valence-electron chi connectivity index (χ3n) is 3.92. The Morgan fingerprint density at radius 1 is 1.27 bits per heavy atom. The van der Waals surface area contributed by atoms with Gasteiger partial charge in [-0.05, 0) is 53.4 Å². The van der Waals surface area contributed by atoms with Crippen LogP contribution in [0.1, 0.15) is 37.7 Å². The minimum atomic E-state index is -0.476. The van der Waals surface area contributed by atoms with Crippen LogP contribution in [-0.4, -0.2) is 19.1 Å². The van der Waals surface area contributed by atoms with Gasteiger partial charge >= 0.3 is 0 Å². The summed E-state index contributed by atoms with van der Waals surface area (Å²) in [6, 6.07) is 3.91. The second-order valence-corrected chi connectivity index (χ2v) is 7.54. The number of primary amides is 1. The maximum atomic E-state index is 10.9. The zero-order valence-electron chi connectivity index (χ0n) is 12.5. The lowest BCUT2D eigenvalue weighted by Crippen LogP contribution is -2.25. The van der Waals surface area contributed by atoms with Crippen LogP contribution in [0.3, 0.4) is 0 Å². The minimum absolute atomic E-state index is 0.115. The first kappa shape index (κ1) is 17.8. The fourth-order valence-electron chi connectivity index (χ4n) is 2.85. The topological polar surface area (TPSA) is 64.4 Å². The molecule has 122 valence electrons. The summed E-state index contributed by atoms with van der Waals surface area (Å²) in [6.45, 7) is 1.62. The number of hydrogen-bond acceptors (Lipinski definition) is 3. The lowest BCUT2D eigenvalue weighted by molar-refractivity contribution is -0.119. The molecule has 1 aliphatic rings. The first-order chi connectivity index (χ1) is 10.6.